The smallest absolute Gasteiger partial charge is 0.278 e. The van der Waals surface area contributed by atoms with Crippen molar-refractivity contribution in [3.05, 3.63) is 21.3 Å². The second-order valence-corrected chi connectivity index (χ2v) is 4.90. The summed E-state index contributed by atoms with van der Waals surface area (Å²) in [4.78, 5) is 18.5. The molecule has 0 aromatic carbocycles. The Morgan fingerprint density at radius 2 is 2.12 bits per heavy atom. The van der Waals surface area contributed by atoms with Crippen molar-refractivity contribution in [2.75, 3.05) is 0 Å². The molecule has 6 heteroatoms. The van der Waals surface area contributed by atoms with E-state index < -0.39 is 0 Å². The van der Waals surface area contributed by atoms with E-state index in [9.17, 15) is 4.79 Å². The molecule has 3 rings (SSSR count). The molecule has 90 valence electrons. The molecule has 1 N–H and O–H groups in total. The number of hydrogen-bond donors (Lipinski definition) is 1. The Balaban J connectivity index is 2.29. The Kier molecular flexibility index (Phi) is 2.43. The van der Waals surface area contributed by atoms with Crippen LogP contribution in [-0.2, 0) is 7.05 Å². The highest BCUT2D eigenvalue weighted by molar-refractivity contribution is 6.28. The van der Waals surface area contributed by atoms with Crippen molar-refractivity contribution in [3.8, 4) is 0 Å². The van der Waals surface area contributed by atoms with Crippen molar-refractivity contribution < 1.29 is 0 Å². The molecule has 0 unspecified atom stereocenters. The Labute approximate surface area is 103 Å². The summed E-state index contributed by atoms with van der Waals surface area (Å²) in [6, 6.07) is 0. The van der Waals surface area contributed by atoms with E-state index in [-0.39, 0.29) is 10.8 Å². The van der Waals surface area contributed by atoms with Crippen LogP contribution in [0.3, 0.4) is 0 Å². The van der Waals surface area contributed by atoms with E-state index in [1.54, 1.807) is 11.7 Å². The lowest BCUT2D eigenvalue weighted by molar-refractivity contribution is 0.664. The fraction of sp³-hybridized carbons (Fsp3) is 0.545. The van der Waals surface area contributed by atoms with Crippen LogP contribution in [0.4, 0.5) is 0 Å². The van der Waals surface area contributed by atoms with Crippen LogP contribution in [-0.4, -0.2) is 19.7 Å². The van der Waals surface area contributed by atoms with Crippen molar-refractivity contribution in [1.29, 1.82) is 0 Å². The summed E-state index contributed by atoms with van der Waals surface area (Å²) >= 11 is 5.81. The Morgan fingerprint density at radius 3 is 2.82 bits per heavy atom. The quantitative estimate of drug-likeness (QED) is 0.790. The van der Waals surface area contributed by atoms with Gasteiger partial charge in [-0.1, -0.05) is 12.8 Å². The zero-order valence-corrected chi connectivity index (χ0v) is 10.3. The number of halogens is 1. The van der Waals surface area contributed by atoms with Crippen LogP contribution >= 0.6 is 11.6 Å². The number of hydrogen-bond acceptors (Lipinski definition) is 3. The Morgan fingerprint density at radius 1 is 1.41 bits per heavy atom. The number of nitrogens with zero attached hydrogens (tertiary/aromatic N) is 3. The molecule has 0 spiro atoms. The molecule has 5 nitrogen and oxygen atoms in total. The fourth-order valence-corrected chi connectivity index (χ4v) is 2.82. The Bertz CT molecular complexity index is 624. The zero-order valence-electron chi connectivity index (χ0n) is 9.53. The number of aryl methyl sites for hydroxylation is 1. The number of aromatic nitrogens is 4. The van der Waals surface area contributed by atoms with E-state index in [4.69, 9.17) is 11.6 Å². The van der Waals surface area contributed by atoms with Gasteiger partial charge >= 0.3 is 0 Å². The number of fused-ring (bicyclic) bond motifs is 1. The zero-order chi connectivity index (χ0) is 12.0. The molecule has 17 heavy (non-hydrogen) atoms. The normalized spacial score (nSPS) is 17.1. The fourth-order valence-electron chi connectivity index (χ4n) is 2.65. The molecule has 0 bridgehead atoms. The highest BCUT2D eigenvalue weighted by atomic mass is 35.5. The average Bonchev–Trinajstić information content (AvgIpc) is 2.85. The molecule has 0 radical (unpaired) electrons. The molecular formula is C11H13ClN4O. The first-order chi connectivity index (χ1) is 8.16. The number of aromatic amines is 1. The molecule has 2 heterocycles. The van der Waals surface area contributed by atoms with Crippen molar-refractivity contribution in [3.63, 3.8) is 0 Å². The number of rotatable bonds is 1. The first kappa shape index (κ1) is 10.8. The first-order valence-electron chi connectivity index (χ1n) is 5.79. The monoisotopic (exact) mass is 252 g/mol. The summed E-state index contributed by atoms with van der Waals surface area (Å²) < 4.78 is 1.60. The minimum absolute atomic E-state index is 0.134. The van der Waals surface area contributed by atoms with Gasteiger partial charge in [-0.3, -0.25) is 14.5 Å². The van der Waals surface area contributed by atoms with Gasteiger partial charge < -0.3 is 0 Å². The lowest BCUT2D eigenvalue weighted by atomic mass is 10.0. The van der Waals surface area contributed by atoms with E-state index in [2.05, 4.69) is 15.1 Å². The van der Waals surface area contributed by atoms with Gasteiger partial charge in [0, 0.05) is 13.0 Å². The minimum Gasteiger partial charge on any atom is -0.295 e. The minimum atomic E-state index is -0.223. The van der Waals surface area contributed by atoms with Crippen LogP contribution in [0.15, 0.2) is 4.79 Å². The second-order valence-electron chi connectivity index (χ2n) is 4.54. The van der Waals surface area contributed by atoms with Gasteiger partial charge in [0.2, 0.25) is 5.28 Å². The van der Waals surface area contributed by atoms with Gasteiger partial charge in [-0.15, -0.1) is 0 Å². The summed E-state index contributed by atoms with van der Waals surface area (Å²) in [5.41, 5.74) is 1.87. The van der Waals surface area contributed by atoms with Gasteiger partial charge in [0.25, 0.3) is 5.56 Å². The van der Waals surface area contributed by atoms with Crippen molar-refractivity contribution in [2.24, 2.45) is 7.05 Å². The third kappa shape index (κ3) is 1.65. The molecule has 0 saturated heterocycles. The number of nitrogens with one attached hydrogen (secondary N) is 1. The standard InChI is InChI=1S/C11H13ClN4O/c1-16-9-8(13-11(12)14-10(9)17)7(15-16)6-4-2-3-5-6/h6H,2-5H2,1H3,(H,13,14,17). The molecule has 1 aliphatic rings. The summed E-state index contributed by atoms with van der Waals surface area (Å²) in [6.45, 7) is 0. The molecule has 0 aliphatic heterocycles. The molecular weight excluding hydrogens is 240 g/mol. The van der Waals surface area contributed by atoms with Crippen LogP contribution in [0.1, 0.15) is 37.3 Å². The molecule has 1 fully saturated rings. The van der Waals surface area contributed by atoms with Crippen LogP contribution in [0.5, 0.6) is 0 Å². The third-order valence-electron chi connectivity index (χ3n) is 3.43. The Hall–Kier alpha value is -1.36. The van der Waals surface area contributed by atoms with Gasteiger partial charge in [0.1, 0.15) is 5.52 Å². The van der Waals surface area contributed by atoms with E-state index in [1.807, 2.05) is 0 Å². The van der Waals surface area contributed by atoms with Crippen molar-refractivity contribution in [2.45, 2.75) is 31.6 Å². The van der Waals surface area contributed by atoms with Crippen molar-refractivity contribution in [1.82, 2.24) is 19.7 Å². The topological polar surface area (TPSA) is 63.6 Å². The predicted molar refractivity (Wildman–Crippen MR) is 65.3 cm³/mol. The molecule has 1 saturated carbocycles. The molecule has 0 amide bonds. The molecule has 2 aromatic heterocycles. The highest BCUT2D eigenvalue weighted by Crippen LogP contribution is 2.35. The molecule has 0 atom stereocenters. The maximum absolute atomic E-state index is 11.8. The van der Waals surface area contributed by atoms with Crippen LogP contribution < -0.4 is 5.56 Å². The highest BCUT2D eigenvalue weighted by Gasteiger charge is 2.24. The van der Waals surface area contributed by atoms with Gasteiger partial charge in [0.15, 0.2) is 5.52 Å². The van der Waals surface area contributed by atoms with E-state index in [0.29, 0.717) is 17.0 Å². The van der Waals surface area contributed by atoms with Gasteiger partial charge in [-0.05, 0) is 24.4 Å². The van der Waals surface area contributed by atoms with Crippen LogP contribution in [0.2, 0.25) is 5.28 Å². The lowest BCUT2D eigenvalue weighted by Gasteiger charge is -2.04. The summed E-state index contributed by atoms with van der Waals surface area (Å²) in [6.07, 6.45) is 4.69. The van der Waals surface area contributed by atoms with E-state index in [0.717, 1.165) is 18.5 Å². The average molecular weight is 253 g/mol. The molecule has 1 aliphatic carbocycles. The lowest BCUT2D eigenvalue weighted by Crippen LogP contribution is -2.10. The van der Waals surface area contributed by atoms with Gasteiger partial charge in [0.05, 0.1) is 5.69 Å². The molecule has 2 aromatic rings. The SMILES string of the molecule is Cn1nc(C2CCCC2)c2nc(Cl)[nH]c(=O)c21. The summed E-state index contributed by atoms with van der Waals surface area (Å²) in [5, 5.41) is 4.58. The largest absolute Gasteiger partial charge is 0.295 e. The third-order valence-corrected chi connectivity index (χ3v) is 3.61. The van der Waals surface area contributed by atoms with Crippen molar-refractivity contribution >= 4 is 22.6 Å². The van der Waals surface area contributed by atoms with Crippen LogP contribution in [0, 0.1) is 0 Å². The summed E-state index contributed by atoms with van der Waals surface area (Å²) in [5.74, 6) is 0.420. The summed E-state index contributed by atoms with van der Waals surface area (Å²) in [7, 11) is 1.77. The maximum atomic E-state index is 11.8. The van der Waals surface area contributed by atoms with E-state index >= 15 is 0 Å². The predicted octanol–water partition coefficient (Wildman–Crippen LogP) is 1.97. The van der Waals surface area contributed by atoms with E-state index in [1.165, 1.54) is 12.8 Å². The number of H-pyrrole nitrogens is 1. The maximum Gasteiger partial charge on any atom is 0.278 e. The second kappa shape index (κ2) is 3.84. The van der Waals surface area contributed by atoms with Crippen LogP contribution in [0.25, 0.3) is 11.0 Å². The van der Waals surface area contributed by atoms with Gasteiger partial charge in [-0.25, -0.2) is 4.98 Å². The first-order valence-corrected chi connectivity index (χ1v) is 6.17. The van der Waals surface area contributed by atoms with Gasteiger partial charge in [-0.2, -0.15) is 5.10 Å².